The summed E-state index contributed by atoms with van der Waals surface area (Å²) >= 11 is 0. The normalized spacial score (nSPS) is 20.0. The van der Waals surface area contributed by atoms with E-state index in [1.807, 2.05) is 12.1 Å². The Morgan fingerprint density at radius 2 is 1.69 bits per heavy atom. The number of benzene rings is 2. The van der Waals surface area contributed by atoms with E-state index in [1.165, 1.54) is 11.0 Å². The molecule has 11 heteroatoms. The highest BCUT2D eigenvalue weighted by atomic mass is 19.1. The summed E-state index contributed by atoms with van der Waals surface area (Å²) in [6.07, 6.45) is 2.79. The lowest BCUT2D eigenvalue weighted by Gasteiger charge is -2.36. The summed E-state index contributed by atoms with van der Waals surface area (Å²) in [7, 11) is 1.54. The third-order valence-corrected chi connectivity index (χ3v) is 7.48. The molecule has 202 valence electrons. The molecule has 4 heterocycles. The molecule has 0 spiro atoms. The van der Waals surface area contributed by atoms with Crippen LogP contribution < -0.4 is 15.5 Å². The number of anilines is 2. The lowest BCUT2D eigenvalue weighted by molar-refractivity contribution is 0.0301. The number of fused-ring (bicyclic) bond motifs is 3. The summed E-state index contributed by atoms with van der Waals surface area (Å²) in [6, 6.07) is 10.2. The number of nitrogens with one attached hydrogen (secondary N) is 2. The van der Waals surface area contributed by atoms with Crippen molar-refractivity contribution in [1.29, 1.82) is 0 Å². The van der Waals surface area contributed by atoms with Crippen LogP contribution in [0.1, 0.15) is 34.5 Å². The second-order valence-corrected chi connectivity index (χ2v) is 10.0. The molecule has 3 aromatic rings. The van der Waals surface area contributed by atoms with Gasteiger partial charge in [0, 0.05) is 43.5 Å². The first kappa shape index (κ1) is 25.2. The second-order valence-electron chi connectivity index (χ2n) is 10.0. The van der Waals surface area contributed by atoms with Crippen molar-refractivity contribution in [2.75, 3.05) is 36.9 Å². The molecule has 9 nitrogen and oxygen atoms in total. The van der Waals surface area contributed by atoms with Gasteiger partial charge in [0.25, 0.3) is 5.91 Å². The van der Waals surface area contributed by atoms with Gasteiger partial charge in [-0.25, -0.2) is 23.5 Å². The van der Waals surface area contributed by atoms with Crippen molar-refractivity contribution in [1.82, 2.24) is 20.2 Å². The fourth-order valence-electron chi connectivity index (χ4n) is 5.52. The highest BCUT2D eigenvalue weighted by Gasteiger charge is 2.37. The SMILES string of the molecule is CNC(=O)Nc1ccc(-c2nc3c(c(N4CC5CCC(C4)O5)n2)CCN(C(=O)c2c(F)cccc2F)C3)cc1. The Bertz CT molecular complexity index is 1400. The van der Waals surface area contributed by atoms with Crippen LogP contribution >= 0.6 is 0 Å². The van der Waals surface area contributed by atoms with Gasteiger partial charge in [-0.1, -0.05) is 6.07 Å². The minimum absolute atomic E-state index is 0.109. The molecule has 2 N–H and O–H groups in total. The van der Waals surface area contributed by atoms with E-state index in [2.05, 4.69) is 15.5 Å². The predicted molar refractivity (Wildman–Crippen MR) is 140 cm³/mol. The number of ether oxygens (including phenoxy) is 1. The van der Waals surface area contributed by atoms with Gasteiger partial charge < -0.3 is 25.2 Å². The molecule has 2 bridgehead atoms. The molecule has 2 atom stereocenters. The Balaban J connectivity index is 1.36. The topological polar surface area (TPSA) is 99.7 Å². The zero-order valence-corrected chi connectivity index (χ0v) is 21.4. The maximum absolute atomic E-state index is 14.4. The summed E-state index contributed by atoms with van der Waals surface area (Å²) < 4.78 is 34.8. The third-order valence-electron chi connectivity index (χ3n) is 7.48. The number of urea groups is 1. The van der Waals surface area contributed by atoms with E-state index >= 15 is 0 Å². The maximum atomic E-state index is 14.4. The van der Waals surface area contributed by atoms with Crippen LogP contribution in [0.2, 0.25) is 0 Å². The van der Waals surface area contributed by atoms with E-state index in [1.54, 1.807) is 19.2 Å². The fourth-order valence-corrected chi connectivity index (χ4v) is 5.52. The van der Waals surface area contributed by atoms with Crippen LogP contribution in [-0.2, 0) is 17.7 Å². The molecule has 3 aliphatic heterocycles. The number of hydrogen-bond donors (Lipinski definition) is 2. The molecule has 6 rings (SSSR count). The van der Waals surface area contributed by atoms with Gasteiger partial charge in [-0.05, 0) is 55.7 Å². The summed E-state index contributed by atoms with van der Waals surface area (Å²) in [5, 5.41) is 5.24. The van der Waals surface area contributed by atoms with Crippen molar-refractivity contribution in [2.45, 2.75) is 38.0 Å². The maximum Gasteiger partial charge on any atom is 0.318 e. The number of rotatable bonds is 4. The number of amides is 3. The van der Waals surface area contributed by atoms with E-state index in [0.717, 1.165) is 55.0 Å². The van der Waals surface area contributed by atoms with Crippen LogP contribution in [0.15, 0.2) is 42.5 Å². The van der Waals surface area contributed by atoms with Gasteiger partial charge in [0.15, 0.2) is 5.82 Å². The molecule has 1 aromatic heterocycles. The first-order valence-electron chi connectivity index (χ1n) is 13.0. The number of carbonyl (C=O) groups excluding carboxylic acids is 2. The number of morpholine rings is 1. The zero-order chi connectivity index (χ0) is 27.1. The summed E-state index contributed by atoms with van der Waals surface area (Å²) in [4.78, 5) is 38.3. The Morgan fingerprint density at radius 1 is 1.00 bits per heavy atom. The van der Waals surface area contributed by atoms with Crippen LogP contribution in [0.4, 0.5) is 25.1 Å². The molecule has 2 fully saturated rings. The summed E-state index contributed by atoms with van der Waals surface area (Å²) in [6.45, 7) is 1.85. The van der Waals surface area contributed by atoms with Gasteiger partial charge in [-0.3, -0.25) is 4.79 Å². The quantitative estimate of drug-likeness (QED) is 0.529. The van der Waals surface area contributed by atoms with Crippen LogP contribution in [0, 0.1) is 11.6 Å². The van der Waals surface area contributed by atoms with Gasteiger partial charge >= 0.3 is 6.03 Å². The van der Waals surface area contributed by atoms with Crippen molar-refractivity contribution in [2.24, 2.45) is 0 Å². The monoisotopic (exact) mass is 534 g/mol. The average molecular weight is 535 g/mol. The molecule has 39 heavy (non-hydrogen) atoms. The van der Waals surface area contributed by atoms with E-state index in [0.29, 0.717) is 30.2 Å². The summed E-state index contributed by atoms with van der Waals surface area (Å²) in [5.74, 6) is -1.19. The first-order chi connectivity index (χ1) is 18.9. The minimum Gasteiger partial charge on any atom is -0.371 e. The van der Waals surface area contributed by atoms with Crippen LogP contribution in [-0.4, -0.2) is 65.7 Å². The average Bonchev–Trinajstić information content (AvgIpc) is 3.29. The number of nitrogens with zero attached hydrogens (tertiary/aromatic N) is 4. The largest absolute Gasteiger partial charge is 0.371 e. The highest BCUT2D eigenvalue weighted by Crippen LogP contribution is 2.35. The van der Waals surface area contributed by atoms with Gasteiger partial charge in [-0.2, -0.15) is 0 Å². The van der Waals surface area contributed by atoms with Gasteiger partial charge in [0.1, 0.15) is 23.0 Å². The predicted octanol–water partition coefficient (Wildman–Crippen LogP) is 3.74. The molecular weight excluding hydrogens is 506 g/mol. The lowest BCUT2D eigenvalue weighted by atomic mass is 10.0. The van der Waals surface area contributed by atoms with Crippen molar-refractivity contribution >= 4 is 23.4 Å². The number of halogens is 2. The molecule has 2 saturated heterocycles. The number of hydrogen-bond acceptors (Lipinski definition) is 6. The molecule has 0 saturated carbocycles. The van der Waals surface area contributed by atoms with E-state index in [9.17, 15) is 18.4 Å². The van der Waals surface area contributed by atoms with Crippen LogP contribution in [0.3, 0.4) is 0 Å². The minimum atomic E-state index is -0.885. The van der Waals surface area contributed by atoms with E-state index in [4.69, 9.17) is 14.7 Å². The van der Waals surface area contributed by atoms with Gasteiger partial charge in [0.05, 0.1) is 24.4 Å². The van der Waals surface area contributed by atoms with E-state index < -0.39 is 23.1 Å². The highest BCUT2D eigenvalue weighted by molar-refractivity contribution is 5.95. The number of carbonyl (C=O) groups is 2. The summed E-state index contributed by atoms with van der Waals surface area (Å²) in [5.41, 5.74) is 2.39. The van der Waals surface area contributed by atoms with Gasteiger partial charge in [0.2, 0.25) is 0 Å². The zero-order valence-electron chi connectivity index (χ0n) is 21.4. The molecule has 3 amide bonds. The molecule has 0 aliphatic carbocycles. The standard InChI is InChI=1S/C28H28F2N6O3/c1-31-28(38)32-17-7-5-16(6-8-17)25-33-23-15-35(27(37)24-21(29)3-2-4-22(24)30)12-11-20(23)26(34-25)36-13-18-9-10-19(14-36)39-18/h2-8,18-19H,9-15H2,1H3,(H2,31,32,38). The first-order valence-corrected chi connectivity index (χ1v) is 13.0. The van der Waals surface area contributed by atoms with Crippen molar-refractivity contribution in [3.05, 3.63) is 70.9 Å². The molecular formula is C28H28F2N6O3. The van der Waals surface area contributed by atoms with Crippen molar-refractivity contribution in [3.63, 3.8) is 0 Å². The van der Waals surface area contributed by atoms with Gasteiger partial charge in [-0.15, -0.1) is 0 Å². The Kier molecular flexibility index (Phi) is 6.59. The smallest absolute Gasteiger partial charge is 0.318 e. The molecule has 2 aromatic carbocycles. The van der Waals surface area contributed by atoms with Crippen molar-refractivity contribution in [3.8, 4) is 11.4 Å². The third kappa shape index (κ3) is 4.89. The van der Waals surface area contributed by atoms with Crippen LogP contribution in [0.5, 0.6) is 0 Å². The van der Waals surface area contributed by atoms with Crippen molar-refractivity contribution < 1.29 is 23.1 Å². The van der Waals surface area contributed by atoms with Crippen LogP contribution in [0.25, 0.3) is 11.4 Å². The second kappa shape index (κ2) is 10.2. The Labute approximate surface area is 224 Å². The molecule has 2 unspecified atom stereocenters. The lowest BCUT2D eigenvalue weighted by Crippen LogP contribution is -2.45. The fraction of sp³-hybridized carbons (Fsp3) is 0.357. The number of aromatic nitrogens is 2. The Morgan fingerprint density at radius 3 is 2.36 bits per heavy atom. The molecule has 3 aliphatic rings. The molecule has 0 radical (unpaired) electrons. The Hall–Kier alpha value is -4.12. The van der Waals surface area contributed by atoms with E-state index in [-0.39, 0.29) is 24.8 Å².